The minimum atomic E-state index is -3.08. The average Bonchev–Trinajstić information content (AvgIpc) is 3.11. The average molecular weight is 458 g/mol. The Morgan fingerprint density at radius 1 is 0.969 bits per heavy atom. The van der Waals surface area contributed by atoms with E-state index in [1.165, 1.54) is 0 Å². The summed E-state index contributed by atoms with van der Waals surface area (Å²) in [7, 11) is -3.08. The van der Waals surface area contributed by atoms with Crippen LogP contribution in [0.25, 0.3) is 0 Å². The number of likely N-dealkylation sites (N-methyl/N-ethyl adjacent to an activating group) is 1. The van der Waals surface area contributed by atoms with Crippen LogP contribution in [0, 0.1) is 0 Å². The topological polar surface area (TPSA) is 113 Å². The van der Waals surface area contributed by atoms with Crippen LogP contribution in [0.5, 0.6) is 0 Å². The van der Waals surface area contributed by atoms with Crippen LogP contribution in [-0.2, 0) is 19.4 Å². The number of para-hydroxylation sites is 1. The summed E-state index contributed by atoms with van der Waals surface area (Å²) < 4.78 is 23.1. The number of ketones is 1. The van der Waals surface area contributed by atoms with E-state index in [1.54, 1.807) is 53.4 Å². The lowest BCUT2D eigenvalue weighted by atomic mass is 10.0. The number of benzene rings is 2. The van der Waals surface area contributed by atoms with Gasteiger partial charge in [-0.05, 0) is 25.1 Å². The molecule has 8 nitrogen and oxygen atoms in total. The first-order chi connectivity index (χ1) is 15.3. The SMILES string of the molecule is CCN(CC(=O)Nc1ccccc1C(=O)c1ccccc1)CC(=O)N[C@H]1CCS(=O)(=O)C1. The molecule has 3 rings (SSSR count). The second kappa shape index (κ2) is 10.5. The highest BCUT2D eigenvalue weighted by atomic mass is 32.2. The van der Waals surface area contributed by atoms with Gasteiger partial charge in [-0.2, -0.15) is 0 Å². The van der Waals surface area contributed by atoms with Gasteiger partial charge in [-0.3, -0.25) is 19.3 Å². The van der Waals surface area contributed by atoms with E-state index < -0.39 is 9.84 Å². The highest BCUT2D eigenvalue weighted by molar-refractivity contribution is 7.91. The molecule has 1 saturated heterocycles. The summed E-state index contributed by atoms with van der Waals surface area (Å²) in [6.07, 6.45) is 0.410. The molecule has 0 radical (unpaired) electrons. The molecule has 9 heteroatoms. The van der Waals surface area contributed by atoms with Gasteiger partial charge in [-0.25, -0.2) is 8.42 Å². The molecular weight excluding hydrogens is 430 g/mol. The number of nitrogens with zero attached hydrogens (tertiary/aromatic N) is 1. The maximum atomic E-state index is 12.8. The van der Waals surface area contributed by atoms with Crippen LogP contribution in [0.1, 0.15) is 29.3 Å². The quantitative estimate of drug-likeness (QED) is 0.552. The largest absolute Gasteiger partial charge is 0.351 e. The number of sulfone groups is 1. The molecule has 0 bridgehead atoms. The predicted octanol–water partition coefficient (Wildman–Crippen LogP) is 1.48. The summed E-state index contributed by atoms with van der Waals surface area (Å²) in [5.74, 6) is -0.825. The fourth-order valence-electron chi connectivity index (χ4n) is 3.59. The Morgan fingerprint density at radius 3 is 2.28 bits per heavy atom. The fourth-order valence-corrected chi connectivity index (χ4v) is 5.27. The second-order valence-corrected chi connectivity index (χ2v) is 9.99. The number of nitrogens with one attached hydrogen (secondary N) is 2. The van der Waals surface area contributed by atoms with E-state index >= 15 is 0 Å². The summed E-state index contributed by atoms with van der Waals surface area (Å²) in [5, 5.41) is 5.50. The van der Waals surface area contributed by atoms with Gasteiger partial charge < -0.3 is 10.6 Å². The Bertz CT molecular complexity index is 1090. The number of amides is 2. The van der Waals surface area contributed by atoms with Crippen LogP contribution < -0.4 is 10.6 Å². The van der Waals surface area contributed by atoms with Gasteiger partial charge in [0.2, 0.25) is 11.8 Å². The third-order valence-corrected chi connectivity index (χ3v) is 7.03. The number of carbonyl (C=O) groups is 3. The molecular formula is C23H27N3O5S. The van der Waals surface area contributed by atoms with Gasteiger partial charge in [-0.1, -0.05) is 49.4 Å². The highest BCUT2D eigenvalue weighted by Crippen LogP contribution is 2.19. The fraction of sp³-hybridized carbons (Fsp3) is 0.348. The lowest BCUT2D eigenvalue weighted by molar-refractivity contribution is -0.123. The summed E-state index contributed by atoms with van der Waals surface area (Å²) in [6, 6.07) is 15.2. The van der Waals surface area contributed by atoms with Crippen molar-refractivity contribution in [1.82, 2.24) is 10.2 Å². The van der Waals surface area contributed by atoms with Gasteiger partial charge >= 0.3 is 0 Å². The molecule has 2 aromatic rings. The Balaban J connectivity index is 1.58. The minimum absolute atomic E-state index is 0.0228. The van der Waals surface area contributed by atoms with Gasteiger partial charge in [0, 0.05) is 17.2 Å². The second-order valence-electron chi connectivity index (χ2n) is 7.76. The van der Waals surface area contributed by atoms with E-state index in [0.29, 0.717) is 29.8 Å². The number of hydrogen-bond acceptors (Lipinski definition) is 6. The standard InChI is InChI=1S/C23H27N3O5S/c1-2-26(14-21(27)24-18-12-13-32(30,31)16-18)15-22(28)25-20-11-7-6-10-19(20)23(29)17-8-4-3-5-9-17/h3-11,18H,2,12-16H2,1H3,(H,24,27)(H,25,28)/t18-/m0/s1. The summed E-state index contributed by atoms with van der Waals surface area (Å²) in [5.41, 5.74) is 1.31. The van der Waals surface area contributed by atoms with E-state index in [0.717, 1.165) is 0 Å². The van der Waals surface area contributed by atoms with Crippen molar-refractivity contribution in [2.75, 3.05) is 36.5 Å². The van der Waals surface area contributed by atoms with Crippen LogP contribution in [-0.4, -0.2) is 68.1 Å². The van der Waals surface area contributed by atoms with Crippen molar-refractivity contribution < 1.29 is 22.8 Å². The Kier molecular flexibility index (Phi) is 7.76. The maximum absolute atomic E-state index is 12.8. The molecule has 0 aromatic heterocycles. The minimum Gasteiger partial charge on any atom is -0.351 e. The lowest BCUT2D eigenvalue weighted by Gasteiger charge is -2.21. The molecule has 1 heterocycles. The van der Waals surface area contributed by atoms with Crippen molar-refractivity contribution in [3.8, 4) is 0 Å². The first kappa shape index (κ1) is 23.6. The summed E-state index contributed by atoms with van der Waals surface area (Å²) in [6.45, 7) is 2.22. The van der Waals surface area contributed by atoms with Gasteiger partial charge in [0.25, 0.3) is 0 Å². The molecule has 1 aliphatic heterocycles. The smallest absolute Gasteiger partial charge is 0.238 e. The van der Waals surface area contributed by atoms with Crippen molar-refractivity contribution in [2.45, 2.75) is 19.4 Å². The molecule has 0 saturated carbocycles. The van der Waals surface area contributed by atoms with Crippen molar-refractivity contribution in [3.63, 3.8) is 0 Å². The van der Waals surface area contributed by atoms with Gasteiger partial charge in [-0.15, -0.1) is 0 Å². The van der Waals surface area contributed by atoms with Crippen LogP contribution in [0.15, 0.2) is 54.6 Å². The van der Waals surface area contributed by atoms with Crippen molar-refractivity contribution in [2.24, 2.45) is 0 Å². The van der Waals surface area contributed by atoms with Crippen LogP contribution >= 0.6 is 0 Å². The van der Waals surface area contributed by atoms with Gasteiger partial charge in [0.05, 0.1) is 30.3 Å². The van der Waals surface area contributed by atoms with Crippen LogP contribution in [0.4, 0.5) is 5.69 Å². The van der Waals surface area contributed by atoms with Crippen LogP contribution in [0.3, 0.4) is 0 Å². The molecule has 0 aliphatic carbocycles. The third-order valence-electron chi connectivity index (χ3n) is 5.26. The Morgan fingerprint density at radius 2 is 1.62 bits per heavy atom. The van der Waals surface area contributed by atoms with E-state index in [9.17, 15) is 22.8 Å². The van der Waals surface area contributed by atoms with Gasteiger partial charge in [0.15, 0.2) is 15.6 Å². The zero-order valence-electron chi connectivity index (χ0n) is 17.9. The Labute approximate surface area is 187 Å². The van der Waals surface area contributed by atoms with E-state index in [2.05, 4.69) is 10.6 Å². The molecule has 2 aromatic carbocycles. The zero-order chi connectivity index (χ0) is 23.1. The first-order valence-electron chi connectivity index (χ1n) is 10.5. The van der Waals surface area contributed by atoms with Crippen molar-refractivity contribution in [1.29, 1.82) is 0 Å². The van der Waals surface area contributed by atoms with Crippen LogP contribution in [0.2, 0.25) is 0 Å². The number of rotatable bonds is 9. The van der Waals surface area contributed by atoms with E-state index in [1.807, 2.05) is 13.0 Å². The molecule has 170 valence electrons. The summed E-state index contributed by atoms with van der Waals surface area (Å²) in [4.78, 5) is 39.4. The predicted molar refractivity (Wildman–Crippen MR) is 122 cm³/mol. The highest BCUT2D eigenvalue weighted by Gasteiger charge is 2.29. The summed E-state index contributed by atoms with van der Waals surface area (Å²) >= 11 is 0. The molecule has 1 fully saturated rings. The maximum Gasteiger partial charge on any atom is 0.238 e. The normalized spacial score (nSPS) is 17.1. The molecule has 1 atom stereocenters. The first-order valence-corrected chi connectivity index (χ1v) is 12.3. The number of hydrogen-bond donors (Lipinski definition) is 2. The molecule has 2 amide bonds. The Hall–Kier alpha value is -3.04. The molecule has 0 spiro atoms. The molecule has 2 N–H and O–H groups in total. The number of anilines is 1. The van der Waals surface area contributed by atoms with Gasteiger partial charge in [0.1, 0.15) is 0 Å². The van der Waals surface area contributed by atoms with E-state index in [4.69, 9.17) is 0 Å². The third kappa shape index (κ3) is 6.48. The van der Waals surface area contributed by atoms with E-state index in [-0.39, 0.29) is 48.2 Å². The van der Waals surface area contributed by atoms with Crippen molar-refractivity contribution >= 4 is 33.1 Å². The monoisotopic (exact) mass is 457 g/mol. The van der Waals surface area contributed by atoms with Crippen molar-refractivity contribution in [3.05, 3.63) is 65.7 Å². The molecule has 0 unspecified atom stereocenters. The number of carbonyl (C=O) groups excluding carboxylic acids is 3. The molecule has 32 heavy (non-hydrogen) atoms. The zero-order valence-corrected chi connectivity index (χ0v) is 18.7. The molecule has 1 aliphatic rings. The lowest BCUT2D eigenvalue weighted by Crippen LogP contribution is -2.44.